The summed E-state index contributed by atoms with van der Waals surface area (Å²) >= 11 is 5.13. The molecular weight excluding hydrogens is 200 g/mol. The fraction of sp³-hybridized carbons (Fsp3) is 0.889. The Balaban J connectivity index is 1.81. The summed E-state index contributed by atoms with van der Waals surface area (Å²) in [7, 11) is 0. The normalized spacial score (nSPS) is 29.4. The number of thiocarbonyl (C=S) groups is 1. The molecule has 0 spiro atoms. The Morgan fingerprint density at radius 1 is 1.43 bits per heavy atom. The first-order valence-corrected chi connectivity index (χ1v) is 5.42. The number of morpholine rings is 1. The van der Waals surface area contributed by atoms with E-state index in [1.165, 1.54) is 0 Å². The molecule has 0 aromatic heterocycles. The van der Waals surface area contributed by atoms with Crippen LogP contribution >= 0.6 is 12.2 Å². The number of nitrogens with zero attached hydrogens (tertiary/aromatic N) is 2. The zero-order valence-corrected chi connectivity index (χ0v) is 9.26. The summed E-state index contributed by atoms with van der Waals surface area (Å²) in [6.07, 6.45) is 0.239. The summed E-state index contributed by atoms with van der Waals surface area (Å²) in [5.74, 6) is 0. The van der Waals surface area contributed by atoms with Crippen molar-refractivity contribution < 1.29 is 9.47 Å². The highest BCUT2D eigenvalue weighted by molar-refractivity contribution is 7.80. The smallest absolute Gasteiger partial charge is 0.260 e. The molecule has 2 rings (SSSR count). The number of hydrogen-bond acceptors (Lipinski definition) is 4. The van der Waals surface area contributed by atoms with E-state index < -0.39 is 0 Å². The summed E-state index contributed by atoms with van der Waals surface area (Å²) in [5.41, 5.74) is 0. The molecule has 2 fully saturated rings. The van der Waals surface area contributed by atoms with Gasteiger partial charge in [-0.15, -0.1) is 0 Å². The first-order chi connectivity index (χ1) is 6.75. The van der Waals surface area contributed by atoms with Gasteiger partial charge in [0.15, 0.2) is 0 Å². The van der Waals surface area contributed by atoms with Gasteiger partial charge in [-0.3, -0.25) is 4.90 Å². The zero-order chi connectivity index (χ0) is 9.97. The molecule has 14 heavy (non-hydrogen) atoms. The molecule has 2 saturated heterocycles. The lowest BCUT2D eigenvalue weighted by Crippen LogP contribution is -2.44. The summed E-state index contributed by atoms with van der Waals surface area (Å²) in [5, 5.41) is 0.643. The Hall–Kier alpha value is -0.390. The molecule has 1 atom stereocenters. The van der Waals surface area contributed by atoms with E-state index >= 15 is 0 Å². The number of ether oxygens (including phenoxy) is 2. The van der Waals surface area contributed by atoms with Gasteiger partial charge >= 0.3 is 0 Å². The van der Waals surface area contributed by atoms with Crippen LogP contribution in [0.1, 0.15) is 6.92 Å². The van der Waals surface area contributed by atoms with Crippen molar-refractivity contribution in [1.82, 2.24) is 9.80 Å². The molecule has 0 N–H and O–H groups in total. The second kappa shape index (κ2) is 4.42. The predicted octanol–water partition coefficient (Wildman–Crippen LogP) is 0.282. The molecular formula is C9H16N2O2S. The monoisotopic (exact) mass is 216 g/mol. The number of hydrogen-bond donors (Lipinski definition) is 0. The molecule has 2 heterocycles. The Morgan fingerprint density at radius 3 is 2.71 bits per heavy atom. The van der Waals surface area contributed by atoms with E-state index in [0.717, 1.165) is 39.5 Å². The minimum absolute atomic E-state index is 0.239. The molecule has 80 valence electrons. The average Bonchev–Trinajstić information content (AvgIpc) is 2.47. The van der Waals surface area contributed by atoms with Gasteiger partial charge in [-0.2, -0.15) is 0 Å². The molecule has 2 aliphatic rings. The maximum absolute atomic E-state index is 5.41. The highest BCUT2D eigenvalue weighted by Gasteiger charge is 2.26. The van der Waals surface area contributed by atoms with Crippen LogP contribution in [0.4, 0.5) is 0 Å². The molecule has 2 aliphatic heterocycles. The van der Waals surface area contributed by atoms with Gasteiger partial charge in [0.2, 0.25) is 0 Å². The second-order valence-electron chi connectivity index (χ2n) is 3.79. The van der Waals surface area contributed by atoms with Crippen molar-refractivity contribution in [3.63, 3.8) is 0 Å². The van der Waals surface area contributed by atoms with Gasteiger partial charge in [0.25, 0.3) is 5.17 Å². The fourth-order valence-corrected chi connectivity index (χ4v) is 2.06. The van der Waals surface area contributed by atoms with E-state index in [1.807, 2.05) is 6.92 Å². The van der Waals surface area contributed by atoms with Crippen molar-refractivity contribution in [3.05, 3.63) is 0 Å². The van der Waals surface area contributed by atoms with Crippen molar-refractivity contribution in [2.75, 3.05) is 39.5 Å². The van der Waals surface area contributed by atoms with Crippen molar-refractivity contribution in [1.29, 1.82) is 0 Å². The Morgan fingerprint density at radius 2 is 2.14 bits per heavy atom. The van der Waals surface area contributed by atoms with E-state index in [-0.39, 0.29) is 6.10 Å². The van der Waals surface area contributed by atoms with Gasteiger partial charge in [0.1, 0.15) is 6.10 Å². The van der Waals surface area contributed by atoms with E-state index in [0.29, 0.717) is 5.17 Å². The van der Waals surface area contributed by atoms with Crippen LogP contribution in [0.5, 0.6) is 0 Å². The summed E-state index contributed by atoms with van der Waals surface area (Å²) in [6, 6.07) is 0. The summed E-state index contributed by atoms with van der Waals surface area (Å²) in [6.45, 7) is 7.49. The standard InChI is InChI=1S/C9H16N2O2S/c1-8-6-11(9(14)13-8)7-10-2-4-12-5-3-10/h8H,2-7H2,1H3. The van der Waals surface area contributed by atoms with Crippen molar-refractivity contribution in [3.8, 4) is 0 Å². The van der Waals surface area contributed by atoms with Gasteiger partial charge in [0.05, 0.1) is 26.4 Å². The third-order valence-corrected chi connectivity index (χ3v) is 2.87. The molecule has 0 radical (unpaired) electrons. The van der Waals surface area contributed by atoms with E-state index in [9.17, 15) is 0 Å². The van der Waals surface area contributed by atoms with Gasteiger partial charge < -0.3 is 14.4 Å². The molecule has 0 amide bonds. The highest BCUT2D eigenvalue weighted by atomic mass is 32.1. The lowest BCUT2D eigenvalue weighted by atomic mass is 10.4. The lowest BCUT2D eigenvalue weighted by Gasteiger charge is -2.30. The SMILES string of the molecule is CC1CN(CN2CCOCC2)C(=S)O1. The van der Waals surface area contributed by atoms with Gasteiger partial charge in [-0.05, 0) is 19.1 Å². The fourth-order valence-electron chi connectivity index (χ4n) is 1.77. The van der Waals surface area contributed by atoms with Crippen LogP contribution in [0.25, 0.3) is 0 Å². The van der Waals surface area contributed by atoms with E-state index in [4.69, 9.17) is 21.7 Å². The first kappa shape index (κ1) is 10.1. The average molecular weight is 216 g/mol. The van der Waals surface area contributed by atoms with Crippen LogP contribution in [-0.4, -0.2) is 60.6 Å². The molecule has 0 aromatic rings. The van der Waals surface area contributed by atoms with E-state index in [1.54, 1.807) is 0 Å². The minimum atomic E-state index is 0.239. The van der Waals surface area contributed by atoms with Crippen molar-refractivity contribution >= 4 is 17.4 Å². The second-order valence-corrected chi connectivity index (χ2v) is 4.14. The molecule has 0 saturated carbocycles. The Bertz CT molecular complexity index is 219. The largest absolute Gasteiger partial charge is 0.466 e. The van der Waals surface area contributed by atoms with Crippen LogP contribution in [-0.2, 0) is 9.47 Å². The third-order valence-electron chi connectivity index (χ3n) is 2.51. The van der Waals surface area contributed by atoms with Crippen LogP contribution in [0.3, 0.4) is 0 Å². The van der Waals surface area contributed by atoms with Gasteiger partial charge in [-0.25, -0.2) is 0 Å². The van der Waals surface area contributed by atoms with Gasteiger partial charge in [0, 0.05) is 13.1 Å². The molecule has 4 nitrogen and oxygen atoms in total. The van der Waals surface area contributed by atoms with Crippen LogP contribution in [0.15, 0.2) is 0 Å². The Kier molecular flexibility index (Phi) is 3.20. The topological polar surface area (TPSA) is 24.9 Å². The molecule has 0 bridgehead atoms. The lowest BCUT2D eigenvalue weighted by molar-refractivity contribution is 0.0227. The van der Waals surface area contributed by atoms with Crippen LogP contribution in [0, 0.1) is 0 Å². The first-order valence-electron chi connectivity index (χ1n) is 5.01. The maximum atomic E-state index is 5.41. The van der Waals surface area contributed by atoms with Gasteiger partial charge in [-0.1, -0.05) is 0 Å². The zero-order valence-electron chi connectivity index (χ0n) is 8.44. The predicted molar refractivity (Wildman–Crippen MR) is 57.1 cm³/mol. The van der Waals surface area contributed by atoms with Crippen LogP contribution < -0.4 is 0 Å². The Labute approximate surface area is 89.8 Å². The highest BCUT2D eigenvalue weighted by Crippen LogP contribution is 2.12. The van der Waals surface area contributed by atoms with Crippen molar-refractivity contribution in [2.45, 2.75) is 13.0 Å². The van der Waals surface area contributed by atoms with Crippen LogP contribution in [0.2, 0.25) is 0 Å². The molecule has 1 unspecified atom stereocenters. The molecule has 0 aliphatic carbocycles. The molecule has 0 aromatic carbocycles. The minimum Gasteiger partial charge on any atom is -0.466 e. The summed E-state index contributed by atoms with van der Waals surface area (Å²) < 4.78 is 10.7. The molecule has 5 heteroatoms. The quantitative estimate of drug-likeness (QED) is 0.618. The maximum Gasteiger partial charge on any atom is 0.260 e. The van der Waals surface area contributed by atoms with E-state index in [2.05, 4.69) is 9.80 Å². The number of rotatable bonds is 2. The summed E-state index contributed by atoms with van der Waals surface area (Å²) in [4.78, 5) is 4.46. The third kappa shape index (κ3) is 2.34. The van der Waals surface area contributed by atoms with Crippen molar-refractivity contribution in [2.24, 2.45) is 0 Å².